The van der Waals surface area contributed by atoms with Gasteiger partial charge in [-0.05, 0) is 36.6 Å². The summed E-state index contributed by atoms with van der Waals surface area (Å²) in [4.78, 5) is 23.9. The first kappa shape index (κ1) is 19.5. The zero-order valence-electron chi connectivity index (χ0n) is 16.0. The number of aromatic nitrogens is 1. The van der Waals surface area contributed by atoms with Gasteiger partial charge in [0.15, 0.2) is 0 Å². The van der Waals surface area contributed by atoms with E-state index in [0.29, 0.717) is 18.2 Å². The number of carbonyl (C=O) groups is 1. The van der Waals surface area contributed by atoms with Gasteiger partial charge in [-0.25, -0.2) is 4.98 Å². The van der Waals surface area contributed by atoms with Gasteiger partial charge in [0.05, 0.1) is 0 Å². The maximum Gasteiger partial charge on any atom is 0.223 e. The molecule has 2 saturated heterocycles. The molecule has 1 atom stereocenters. The van der Waals surface area contributed by atoms with E-state index in [-0.39, 0.29) is 0 Å². The predicted molar refractivity (Wildman–Crippen MR) is 110 cm³/mol. The Labute approximate surface area is 162 Å². The lowest BCUT2D eigenvalue weighted by Gasteiger charge is -2.39. The molecule has 1 aromatic heterocycles. The minimum atomic E-state index is 0.357. The Bertz CT molecular complexity index is 548. The van der Waals surface area contributed by atoms with Gasteiger partial charge >= 0.3 is 0 Å². The summed E-state index contributed by atoms with van der Waals surface area (Å²) in [6.07, 6.45) is 4.99. The van der Waals surface area contributed by atoms with Crippen LogP contribution in [0.5, 0.6) is 0 Å². The normalized spacial score (nSPS) is 21.8. The lowest BCUT2D eigenvalue weighted by molar-refractivity contribution is -0.132. The van der Waals surface area contributed by atoms with Gasteiger partial charge in [0.1, 0.15) is 5.82 Å². The van der Waals surface area contributed by atoms with Gasteiger partial charge in [-0.3, -0.25) is 9.69 Å². The molecule has 0 bridgehead atoms. The molecule has 1 aromatic rings. The van der Waals surface area contributed by atoms with Crippen molar-refractivity contribution in [2.75, 3.05) is 62.2 Å². The number of piperazine rings is 1. The summed E-state index contributed by atoms with van der Waals surface area (Å²) in [5.41, 5.74) is 0. The summed E-state index contributed by atoms with van der Waals surface area (Å²) in [6.45, 7) is 9.46. The van der Waals surface area contributed by atoms with E-state index in [1.54, 1.807) is 0 Å². The van der Waals surface area contributed by atoms with E-state index in [9.17, 15) is 4.79 Å². The zero-order valence-corrected chi connectivity index (χ0v) is 16.8. The fourth-order valence-electron chi connectivity index (χ4n) is 3.97. The van der Waals surface area contributed by atoms with Crippen LogP contribution in [0.4, 0.5) is 5.82 Å². The second-order valence-electron chi connectivity index (χ2n) is 7.27. The van der Waals surface area contributed by atoms with Crippen LogP contribution >= 0.6 is 11.8 Å². The number of hydrogen-bond acceptors (Lipinski definition) is 5. The SMILES string of the molecule is CCSCCC(=O)N1CCCC(CN2CCN(c3ccccn3)CC2)C1. The quantitative estimate of drug-likeness (QED) is 0.684. The van der Waals surface area contributed by atoms with Crippen molar-refractivity contribution in [3.8, 4) is 0 Å². The van der Waals surface area contributed by atoms with Crippen LogP contribution in [-0.2, 0) is 4.79 Å². The fraction of sp³-hybridized carbons (Fsp3) is 0.700. The highest BCUT2D eigenvalue weighted by Crippen LogP contribution is 2.20. The molecule has 0 aliphatic carbocycles. The van der Waals surface area contributed by atoms with Gasteiger partial charge < -0.3 is 9.80 Å². The Hall–Kier alpha value is -1.27. The smallest absolute Gasteiger partial charge is 0.223 e. The minimum absolute atomic E-state index is 0.357. The molecular weight excluding hydrogens is 344 g/mol. The van der Waals surface area contributed by atoms with Gasteiger partial charge in [0.2, 0.25) is 5.91 Å². The number of carbonyl (C=O) groups excluding carboxylic acids is 1. The Morgan fingerprint density at radius 2 is 2.08 bits per heavy atom. The van der Waals surface area contributed by atoms with Crippen LogP contribution in [0.3, 0.4) is 0 Å². The molecule has 3 rings (SSSR count). The van der Waals surface area contributed by atoms with Crippen LogP contribution in [-0.4, -0.2) is 78.0 Å². The van der Waals surface area contributed by atoms with Crippen molar-refractivity contribution in [2.24, 2.45) is 5.92 Å². The first-order valence-electron chi connectivity index (χ1n) is 10.00. The van der Waals surface area contributed by atoms with Crippen LogP contribution in [0, 0.1) is 5.92 Å². The molecule has 6 heteroatoms. The summed E-state index contributed by atoms with van der Waals surface area (Å²) < 4.78 is 0. The van der Waals surface area contributed by atoms with E-state index in [1.165, 1.54) is 6.42 Å². The van der Waals surface area contributed by atoms with Crippen LogP contribution < -0.4 is 4.90 Å². The summed E-state index contributed by atoms with van der Waals surface area (Å²) in [6, 6.07) is 6.12. The van der Waals surface area contributed by atoms with E-state index in [1.807, 2.05) is 24.0 Å². The largest absolute Gasteiger partial charge is 0.354 e. The monoisotopic (exact) mass is 376 g/mol. The third kappa shape index (κ3) is 5.61. The van der Waals surface area contributed by atoms with Gasteiger partial charge in [-0.15, -0.1) is 0 Å². The summed E-state index contributed by atoms with van der Waals surface area (Å²) >= 11 is 1.86. The number of pyridine rings is 1. The third-order valence-electron chi connectivity index (χ3n) is 5.40. The number of anilines is 1. The van der Waals surface area contributed by atoms with Crippen LogP contribution in [0.25, 0.3) is 0 Å². The number of amides is 1. The van der Waals surface area contributed by atoms with E-state index >= 15 is 0 Å². The number of thioether (sulfide) groups is 1. The lowest BCUT2D eigenvalue weighted by Crippen LogP contribution is -2.50. The highest BCUT2D eigenvalue weighted by molar-refractivity contribution is 7.99. The van der Waals surface area contributed by atoms with E-state index in [0.717, 1.165) is 69.6 Å². The molecule has 0 saturated carbocycles. The van der Waals surface area contributed by atoms with Crippen LogP contribution in [0.2, 0.25) is 0 Å². The molecule has 0 spiro atoms. The van der Waals surface area contributed by atoms with Gasteiger partial charge in [0.25, 0.3) is 0 Å². The molecule has 144 valence electrons. The second kappa shape index (κ2) is 10.2. The Kier molecular flexibility index (Phi) is 7.62. The number of rotatable bonds is 7. The molecule has 0 radical (unpaired) electrons. The summed E-state index contributed by atoms with van der Waals surface area (Å²) in [5.74, 6) is 4.14. The Balaban J connectivity index is 1.41. The molecule has 1 amide bonds. The average Bonchev–Trinajstić information content (AvgIpc) is 2.69. The second-order valence-corrected chi connectivity index (χ2v) is 8.66. The summed E-state index contributed by atoms with van der Waals surface area (Å²) in [7, 11) is 0. The molecule has 0 aromatic carbocycles. The topological polar surface area (TPSA) is 39.7 Å². The molecule has 1 unspecified atom stereocenters. The number of nitrogens with zero attached hydrogens (tertiary/aromatic N) is 4. The minimum Gasteiger partial charge on any atom is -0.354 e. The first-order chi connectivity index (χ1) is 12.8. The van der Waals surface area contributed by atoms with Gasteiger partial charge in [-0.1, -0.05) is 13.0 Å². The molecule has 3 heterocycles. The Morgan fingerprint density at radius 3 is 2.81 bits per heavy atom. The van der Waals surface area contributed by atoms with Gasteiger partial charge in [-0.2, -0.15) is 11.8 Å². The molecule has 0 N–H and O–H groups in total. The standard InChI is InChI=1S/C20H32N4OS/c1-2-26-15-8-20(25)24-10-5-6-18(17-24)16-22-11-13-23(14-12-22)19-7-3-4-9-21-19/h3-4,7,9,18H,2,5-6,8,10-17H2,1H3. The zero-order chi connectivity index (χ0) is 18.2. The fourth-order valence-corrected chi connectivity index (χ4v) is 4.58. The molecule has 26 heavy (non-hydrogen) atoms. The van der Waals surface area contributed by atoms with Crippen molar-refractivity contribution >= 4 is 23.5 Å². The predicted octanol–water partition coefficient (Wildman–Crippen LogP) is 2.59. The lowest BCUT2D eigenvalue weighted by atomic mass is 9.97. The van der Waals surface area contributed by atoms with E-state index < -0.39 is 0 Å². The molecule has 5 nitrogen and oxygen atoms in total. The van der Waals surface area contributed by atoms with Crippen molar-refractivity contribution in [3.05, 3.63) is 24.4 Å². The van der Waals surface area contributed by atoms with Crippen molar-refractivity contribution in [2.45, 2.75) is 26.2 Å². The van der Waals surface area contributed by atoms with Crippen molar-refractivity contribution in [1.82, 2.24) is 14.8 Å². The summed E-state index contributed by atoms with van der Waals surface area (Å²) in [5, 5.41) is 0. The highest BCUT2D eigenvalue weighted by Gasteiger charge is 2.26. The first-order valence-corrected chi connectivity index (χ1v) is 11.2. The molecule has 2 aliphatic rings. The van der Waals surface area contributed by atoms with Crippen LogP contribution in [0.15, 0.2) is 24.4 Å². The third-order valence-corrected chi connectivity index (χ3v) is 6.30. The maximum absolute atomic E-state index is 12.4. The van der Waals surface area contributed by atoms with Gasteiger partial charge in [0, 0.05) is 64.2 Å². The highest BCUT2D eigenvalue weighted by atomic mass is 32.2. The Morgan fingerprint density at radius 1 is 1.23 bits per heavy atom. The van der Waals surface area contributed by atoms with Crippen LogP contribution in [0.1, 0.15) is 26.2 Å². The molecule has 2 aliphatic heterocycles. The number of piperidine rings is 1. The van der Waals surface area contributed by atoms with E-state index in [2.05, 4.69) is 38.7 Å². The number of likely N-dealkylation sites (tertiary alicyclic amines) is 1. The van der Waals surface area contributed by atoms with Crippen molar-refractivity contribution in [3.63, 3.8) is 0 Å². The average molecular weight is 377 g/mol. The number of hydrogen-bond donors (Lipinski definition) is 0. The molecule has 2 fully saturated rings. The maximum atomic E-state index is 12.4. The van der Waals surface area contributed by atoms with E-state index in [4.69, 9.17) is 0 Å². The van der Waals surface area contributed by atoms with Crippen molar-refractivity contribution in [1.29, 1.82) is 0 Å². The van der Waals surface area contributed by atoms with Crippen molar-refractivity contribution < 1.29 is 4.79 Å². The molecular formula is C20H32N4OS.